The lowest BCUT2D eigenvalue weighted by molar-refractivity contribution is -0.137. The van der Waals surface area contributed by atoms with Gasteiger partial charge in [-0.15, -0.1) is 0 Å². The Hall–Kier alpha value is -5.61. The molecule has 0 saturated carbocycles. The van der Waals surface area contributed by atoms with Crippen LogP contribution in [0.25, 0.3) is 22.6 Å². The molecule has 0 amide bonds. The van der Waals surface area contributed by atoms with E-state index in [9.17, 15) is 4.79 Å². The highest BCUT2D eigenvalue weighted by molar-refractivity contribution is 6.00. The first kappa shape index (κ1) is 29.5. The van der Waals surface area contributed by atoms with Gasteiger partial charge >= 0.3 is 5.97 Å². The second kappa shape index (κ2) is 13.8. The molecule has 0 saturated heterocycles. The van der Waals surface area contributed by atoms with E-state index < -0.39 is 5.97 Å². The van der Waals surface area contributed by atoms with E-state index in [2.05, 4.69) is 140 Å². The summed E-state index contributed by atoms with van der Waals surface area (Å²) in [5.74, 6) is -0.402. The second-order valence-electron chi connectivity index (χ2n) is 10.8. The first-order valence-electron chi connectivity index (χ1n) is 15.2. The predicted molar refractivity (Wildman–Crippen MR) is 185 cm³/mol. The molecule has 222 valence electrons. The predicted octanol–water partition coefficient (Wildman–Crippen LogP) is 10.3. The van der Waals surface area contributed by atoms with Gasteiger partial charge in [0.25, 0.3) is 0 Å². The number of hydrogen-bond donors (Lipinski definition) is 0. The maximum atomic E-state index is 11.4. The van der Waals surface area contributed by atoms with Crippen LogP contribution in [0.15, 0.2) is 151 Å². The van der Waals surface area contributed by atoms with Crippen molar-refractivity contribution < 1.29 is 13.9 Å². The number of benzene rings is 5. The van der Waals surface area contributed by atoms with Gasteiger partial charge in [0, 0.05) is 40.5 Å². The fourth-order valence-corrected chi connectivity index (χ4v) is 5.49. The number of fused-ring (bicyclic) bond motifs is 1. The van der Waals surface area contributed by atoms with Gasteiger partial charge in [0.1, 0.15) is 5.58 Å². The summed E-state index contributed by atoms with van der Waals surface area (Å²) >= 11 is 0. The van der Waals surface area contributed by atoms with Crippen LogP contribution in [0.3, 0.4) is 0 Å². The smallest absolute Gasteiger partial charge is 0.330 e. The summed E-state index contributed by atoms with van der Waals surface area (Å²) in [5, 5.41) is 1.08. The Morgan fingerprint density at radius 2 is 1.40 bits per heavy atom. The summed E-state index contributed by atoms with van der Waals surface area (Å²) < 4.78 is 11.1. The minimum Gasteiger partial charge on any atom is -0.464 e. The molecular weight excluding hydrogens is 554 g/mol. The Kier molecular flexibility index (Phi) is 9.03. The van der Waals surface area contributed by atoms with Crippen molar-refractivity contribution in [1.29, 1.82) is 0 Å². The average Bonchev–Trinajstić information content (AvgIpc) is 3.59. The summed E-state index contributed by atoms with van der Waals surface area (Å²) in [6.07, 6.45) is 6.79. The highest BCUT2D eigenvalue weighted by Crippen LogP contribution is 2.36. The maximum absolute atomic E-state index is 11.4. The molecule has 0 atom stereocenters. The molecule has 0 N–H and O–H groups in total. The molecule has 0 radical (unpaired) electrons. The van der Waals surface area contributed by atoms with Crippen LogP contribution in [0, 0.1) is 0 Å². The molecule has 0 bridgehead atoms. The number of hydrogen-bond acceptors (Lipinski definition) is 4. The van der Waals surface area contributed by atoms with Crippen LogP contribution >= 0.6 is 0 Å². The highest BCUT2D eigenvalue weighted by Gasteiger charge is 2.15. The monoisotopic (exact) mass is 589 g/mol. The van der Waals surface area contributed by atoms with Crippen LogP contribution in [0.5, 0.6) is 0 Å². The van der Waals surface area contributed by atoms with E-state index in [0.717, 1.165) is 62.3 Å². The fourth-order valence-electron chi connectivity index (χ4n) is 5.49. The number of furan rings is 1. The van der Waals surface area contributed by atoms with E-state index in [1.807, 2.05) is 12.1 Å². The number of ether oxygens (including phenoxy) is 1. The molecule has 6 rings (SSSR count). The molecular formula is C41H35NO3. The topological polar surface area (TPSA) is 42.7 Å². The van der Waals surface area contributed by atoms with Crippen LogP contribution in [0.4, 0.5) is 17.1 Å². The highest BCUT2D eigenvalue weighted by atomic mass is 16.5. The number of nitrogens with zero attached hydrogens (tertiary/aromatic N) is 1. The van der Waals surface area contributed by atoms with Gasteiger partial charge in [0.2, 0.25) is 0 Å². The number of para-hydroxylation sites is 1. The normalized spacial score (nSPS) is 11.4. The number of aryl methyl sites for hydroxylation is 1. The third kappa shape index (κ3) is 6.81. The number of rotatable bonds is 11. The number of carbonyl (C=O) groups excluding carboxylic acids is 1. The lowest BCUT2D eigenvalue weighted by atomic mass is 9.94. The molecule has 1 heterocycles. The van der Waals surface area contributed by atoms with Crippen LogP contribution in [-0.2, 0) is 22.4 Å². The van der Waals surface area contributed by atoms with Crippen molar-refractivity contribution in [2.45, 2.75) is 19.8 Å². The van der Waals surface area contributed by atoms with Crippen molar-refractivity contribution in [2.75, 3.05) is 11.5 Å². The van der Waals surface area contributed by atoms with Gasteiger partial charge in [-0.3, -0.25) is 0 Å². The zero-order valence-electron chi connectivity index (χ0n) is 25.4. The van der Waals surface area contributed by atoms with Gasteiger partial charge in [0.15, 0.2) is 0 Å². The minimum absolute atomic E-state index is 0.320. The van der Waals surface area contributed by atoms with Gasteiger partial charge in [-0.2, -0.15) is 0 Å². The van der Waals surface area contributed by atoms with Crippen LogP contribution in [0.1, 0.15) is 34.7 Å². The van der Waals surface area contributed by atoms with Gasteiger partial charge in [-0.05, 0) is 82.8 Å². The molecule has 0 fully saturated rings. The molecule has 0 aliphatic heterocycles. The van der Waals surface area contributed by atoms with Crippen molar-refractivity contribution in [3.05, 3.63) is 174 Å². The second-order valence-corrected chi connectivity index (χ2v) is 10.8. The van der Waals surface area contributed by atoms with Crippen molar-refractivity contribution in [2.24, 2.45) is 0 Å². The van der Waals surface area contributed by atoms with E-state index in [0.29, 0.717) is 13.0 Å². The first-order valence-corrected chi connectivity index (χ1v) is 15.2. The van der Waals surface area contributed by atoms with Crippen molar-refractivity contribution in [3.63, 3.8) is 0 Å². The molecule has 45 heavy (non-hydrogen) atoms. The summed E-state index contributed by atoms with van der Waals surface area (Å²) in [4.78, 5) is 13.7. The van der Waals surface area contributed by atoms with Gasteiger partial charge < -0.3 is 14.1 Å². The Labute approximate surface area is 264 Å². The minimum atomic E-state index is -0.402. The number of carbonyl (C=O) groups is 1. The summed E-state index contributed by atoms with van der Waals surface area (Å²) in [5.41, 5.74) is 10.8. The maximum Gasteiger partial charge on any atom is 0.330 e. The van der Waals surface area contributed by atoms with Crippen molar-refractivity contribution in [3.8, 4) is 0 Å². The lowest BCUT2D eigenvalue weighted by Gasteiger charge is -2.26. The SMILES string of the molecule is C=CC(=O)OCCc1ccc(N(c2ccc(C=C(c3ccccc3)c3cccc4ccoc34)cc2)c2ccc(CC)cc2)cc1. The van der Waals surface area contributed by atoms with E-state index in [-0.39, 0.29) is 0 Å². The standard InChI is InChI=1S/C41H35NO3/c1-3-30-13-19-35(20-14-30)42(36-21-15-31(16-22-36)25-27-44-40(43)4-2)37-23-17-32(18-24-37)29-39(33-9-6-5-7-10-33)38-12-8-11-34-26-28-45-41(34)38/h4-24,26,28-29H,2-3,25,27H2,1H3. The Morgan fingerprint density at radius 3 is 2.04 bits per heavy atom. The summed E-state index contributed by atoms with van der Waals surface area (Å²) in [7, 11) is 0. The van der Waals surface area contributed by atoms with E-state index >= 15 is 0 Å². The first-order chi connectivity index (χ1) is 22.1. The van der Waals surface area contributed by atoms with E-state index in [1.54, 1.807) is 6.26 Å². The molecule has 4 heteroatoms. The zero-order valence-corrected chi connectivity index (χ0v) is 25.4. The summed E-state index contributed by atoms with van der Waals surface area (Å²) in [6, 6.07) is 44.5. The number of esters is 1. The van der Waals surface area contributed by atoms with Crippen LogP contribution in [-0.4, -0.2) is 12.6 Å². The van der Waals surface area contributed by atoms with E-state index in [4.69, 9.17) is 9.15 Å². The lowest BCUT2D eigenvalue weighted by Crippen LogP contribution is -2.10. The molecule has 0 aliphatic carbocycles. The fraction of sp³-hybridized carbons (Fsp3) is 0.0976. The van der Waals surface area contributed by atoms with Gasteiger partial charge in [-0.1, -0.05) is 98.4 Å². The quantitative estimate of drug-likeness (QED) is 0.0857. The number of anilines is 3. The van der Waals surface area contributed by atoms with Crippen LogP contribution < -0.4 is 4.90 Å². The molecule has 6 aromatic rings. The molecule has 0 spiro atoms. The van der Waals surface area contributed by atoms with E-state index in [1.165, 1.54) is 11.6 Å². The zero-order chi connectivity index (χ0) is 31.0. The summed E-state index contributed by atoms with van der Waals surface area (Å²) in [6.45, 7) is 5.94. The molecule has 4 nitrogen and oxygen atoms in total. The third-order valence-electron chi connectivity index (χ3n) is 7.92. The van der Waals surface area contributed by atoms with Gasteiger partial charge in [0.05, 0.1) is 12.9 Å². The molecule has 0 aliphatic rings. The van der Waals surface area contributed by atoms with Crippen molar-refractivity contribution in [1.82, 2.24) is 0 Å². The average molecular weight is 590 g/mol. The van der Waals surface area contributed by atoms with Gasteiger partial charge in [-0.25, -0.2) is 4.79 Å². The largest absolute Gasteiger partial charge is 0.464 e. The van der Waals surface area contributed by atoms with Crippen LogP contribution in [0.2, 0.25) is 0 Å². The molecule has 0 unspecified atom stereocenters. The van der Waals surface area contributed by atoms with Crippen molar-refractivity contribution >= 4 is 45.6 Å². The Bertz CT molecular complexity index is 1920. The third-order valence-corrected chi connectivity index (χ3v) is 7.92. The molecule has 5 aromatic carbocycles. The Balaban J connectivity index is 1.35. The molecule has 1 aromatic heterocycles. The Morgan fingerprint density at radius 1 is 0.756 bits per heavy atom.